The number of nitrogens with two attached hydrogens (primary N) is 2. The molecule has 0 heterocycles. The van der Waals surface area contributed by atoms with Gasteiger partial charge in [0.1, 0.15) is 0 Å². The zero-order chi connectivity index (χ0) is 40.0. The van der Waals surface area contributed by atoms with Crippen LogP contribution in [0.25, 0.3) is 0 Å². The molecule has 2 aromatic rings. The average Bonchev–Trinajstić information content (AvgIpc) is 3.70. The van der Waals surface area contributed by atoms with E-state index in [1.807, 2.05) is 31.2 Å². The van der Waals surface area contributed by atoms with Gasteiger partial charge in [0.25, 0.3) is 0 Å². The number of nitrogens with zero attached hydrogens (tertiary/aromatic N) is 1. The van der Waals surface area contributed by atoms with Crippen molar-refractivity contribution in [1.29, 1.82) is 0 Å². The van der Waals surface area contributed by atoms with Crippen LogP contribution in [-0.2, 0) is 22.4 Å². The van der Waals surface area contributed by atoms with E-state index in [-0.39, 0.29) is 72.8 Å². The van der Waals surface area contributed by atoms with Crippen LogP contribution in [-0.4, -0.2) is 66.1 Å². The number of ketones is 1. The van der Waals surface area contributed by atoms with E-state index in [0.717, 1.165) is 49.7 Å². The Hall–Kier alpha value is -4.28. The molecule has 0 radical (unpaired) electrons. The molecule has 9 heteroatoms. The lowest BCUT2D eigenvalue weighted by atomic mass is 9.69. The molecule has 4 aliphatic rings. The summed E-state index contributed by atoms with van der Waals surface area (Å²) < 4.78 is 12.6. The maximum absolute atomic E-state index is 13.4. The minimum absolute atomic E-state index is 0.0173. The van der Waals surface area contributed by atoms with E-state index in [2.05, 4.69) is 42.7 Å². The fourth-order valence-corrected chi connectivity index (χ4v) is 8.98. The van der Waals surface area contributed by atoms with Crippen LogP contribution in [0.3, 0.4) is 0 Å². The quantitative estimate of drug-likeness (QED) is 0.0588. The summed E-state index contributed by atoms with van der Waals surface area (Å²) in [4.78, 5) is 18.3. The highest BCUT2D eigenvalue weighted by Crippen LogP contribution is 2.49. The second-order valence-corrected chi connectivity index (χ2v) is 16.2. The molecule has 2 bridgehead atoms. The monoisotopic (exact) mass is 765 g/mol. The summed E-state index contributed by atoms with van der Waals surface area (Å²) in [6.45, 7) is 4.27. The van der Waals surface area contributed by atoms with E-state index in [1.165, 1.54) is 0 Å². The number of carbonyl (C=O) groups excluding carboxylic acids is 1. The highest BCUT2D eigenvalue weighted by atomic mass is 16.5. The number of aromatic hydroxyl groups is 1. The lowest BCUT2D eigenvalue weighted by Gasteiger charge is -2.38. The number of aliphatic hydroxyl groups excluding tert-OH is 2. The van der Waals surface area contributed by atoms with Crippen molar-refractivity contribution in [3.05, 3.63) is 70.3 Å². The number of allylic oxidation sites excluding steroid dienone is 1. The van der Waals surface area contributed by atoms with Gasteiger partial charge in [0.15, 0.2) is 23.2 Å². The lowest BCUT2D eigenvalue weighted by Crippen LogP contribution is -2.38. The average molecular weight is 766 g/mol. The van der Waals surface area contributed by atoms with Gasteiger partial charge in [-0.25, -0.2) is 4.99 Å². The first kappa shape index (κ1) is 42.9. The summed E-state index contributed by atoms with van der Waals surface area (Å²) in [6, 6.07) is 11.6. The van der Waals surface area contributed by atoms with Crippen LogP contribution in [0.4, 0.5) is 0 Å². The molecule has 1 saturated carbocycles. The van der Waals surface area contributed by atoms with Gasteiger partial charge in [0.05, 0.1) is 24.7 Å². The highest BCUT2D eigenvalue weighted by Gasteiger charge is 2.40. The van der Waals surface area contributed by atoms with Crippen LogP contribution in [0, 0.1) is 53.3 Å². The number of fused-ring (bicyclic) bond motifs is 8. The van der Waals surface area contributed by atoms with E-state index >= 15 is 0 Å². The maximum Gasteiger partial charge on any atom is 0.186 e. The predicted molar refractivity (Wildman–Crippen MR) is 222 cm³/mol. The van der Waals surface area contributed by atoms with Crippen molar-refractivity contribution >= 4 is 11.7 Å². The number of aliphatic imine (C=N–C) groups is 1. The standard InChI is InChI=1S/C47H63N3O6/c1-4-11-33(28-51)25-37(53)20-19-35-27-44(56-38-16-8-9-17-38)46(54)45-40(35)23-22-39-34(24-32-13-6-5-7-14-32)15-10-12-31(2)18-21-41(45)42(30-55-3)36(29-52)26-43(39)50-47(48)49/h5-7,13-14,25,27,31,34,36,38-39,41-43,51-52,54H,4,8-9,11-12,16-21,24,26,28-30H2,1-3H3,(H4,48,49,50). The molecule has 2 aromatic carbocycles. The number of hydrogen-bond donors (Lipinski definition) is 5. The second kappa shape index (κ2) is 21.3. The third kappa shape index (κ3) is 11.4. The number of aryl methyl sites for hydroxylation is 1. The zero-order valence-corrected chi connectivity index (χ0v) is 33.6. The molecule has 0 spiro atoms. The normalized spacial score (nSPS) is 25.4. The maximum atomic E-state index is 13.4. The van der Waals surface area contributed by atoms with E-state index in [9.17, 15) is 20.1 Å². The number of aliphatic hydroxyl groups is 2. The Bertz CT molecular complexity index is 1790. The fourth-order valence-electron chi connectivity index (χ4n) is 8.98. The molecular formula is C47H63N3O6. The van der Waals surface area contributed by atoms with Crippen molar-refractivity contribution in [3.8, 4) is 35.2 Å². The molecule has 0 saturated heterocycles. The zero-order valence-electron chi connectivity index (χ0n) is 33.6. The van der Waals surface area contributed by atoms with Gasteiger partial charge in [-0.05, 0) is 117 Å². The fraction of sp³-hybridized carbons (Fsp3) is 0.574. The largest absolute Gasteiger partial charge is 0.504 e. The number of methoxy groups -OCH3 is 1. The van der Waals surface area contributed by atoms with Gasteiger partial charge in [-0.1, -0.05) is 68.4 Å². The summed E-state index contributed by atoms with van der Waals surface area (Å²) in [6.07, 6.45) is 10.8. The molecule has 9 nitrogen and oxygen atoms in total. The molecule has 56 heavy (non-hydrogen) atoms. The minimum atomic E-state index is -0.489. The minimum Gasteiger partial charge on any atom is -0.504 e. The molecule has 7 N–H and O–H groups in total. The van der Waals surface area contributed by atoms with E-state index < -0.39 is 12.0 Å². The third-order valence-corrected chi connectivity index (χ3v) is 11.9. The number of rotatable bonds is 15. The Morgan fingerprint density at radius 2 is 1.82 bits per heavy atom. The first-order valence-corrected chi connectivity index (χ1v) is 20.8. The number of ether oxygens (including phenoxy) is 2. The number of carbonyl (C=O) groups is 1. The number of phenolic OH excluding ortho intramolecular Hbond substituents is 1. The summed E-state index contributed by atoms with van der Waals surface area (Å²) in [5, 5.41) is 33.7. The molecule has 0 aromatic heterocycles. The smallest absolute Gasteiger partial charge is 0.186 e. The van der Waals surface area contributed by atoms with Gasteiger partial charge in [0, 0.05) is 50.2 Å². The molecule has 0 amide bonds. The highest BCUT2D eigenvalue weighted by molar-refractivity contribution is 5.90. The molecule has 7 unspecified atom stereocenters. The van der Waals surface area contributed by atoms with Crippen LogP contribution < -0.4 is 16.2 Å². The lowest BCUT2D eigenvalue weighted by molar-refractivity contribution is -0.114. The van der Waals surface area contributed by atoms with Crippen molar-refractivity contribution in [3.63, 3.8) is 0 Å². The molecule has 1 fully saturated rings. The third-order valence-electron chi connectivity index (χ3n) is 11.9. The van der Waals surface area contributed by atoms with E-state index in [4.69, 9.17) is 25.9 Å². The first-order chi connectivity index (χ1) is 27.1. The van der Waals surface area contributed by atoms with Crippen molar-refractivity contribution < 1.29 is 29.6 Å². The first-order valence-electron chi connectivity index (χ1n) is 20.8. The Labute approximate surface area is 334 Å². The number of benzene rings is 2. The van der Waals surface area contributed by atoms with Crippen LogP contribution in [0.5, 0.6) is 11.5 Å². The Morgan fingerprint density at radius 3 is 2.50 bits per heavy atom. The van der Waals surface area contributed by atoms with Gasteiger partial charge in [-0.3, -0.25) is 4.79 Å². The van der Waals surface area contributed by atoms with Gasteiger partial charge >= 0.3 is 0 Å². The molecule has 7 atom stereocenters. The Balaban J connectivity index is 1.80. The van der Waals surface area contributed by atoms with Gasteiger partial charge in [-0.15, -0.1) is 5.92 Å². The second-order valence-electron chi connectivity index (χ2n) is 16.2. The van der Waals surface area contributed by atoms with Crippen molar-refractivity contribution in [2.75, 3.05) is 26.9 Å². The summed E-state index contributed by atoms with van der Waals surface area (Å²) in [5.41, 5.74) is 16.3. The van der Waals surface area contributed by atoms with E-state index in [1.54, 1.807) is 13.2 Å². The van der Waals surface area contributed by atoms with E-state index in [0.29, 0.717) is 67.6 Å². The van der Waals surface area contributed by atoms with Crippen molar-refractivity contribution in [2.45, 2.75) is 115 Å². The van der Waals surface area contributed by atoms with Crippen LogP contribution in [0.1, 0.15) is 113 Å². The van der Waals surface area contributed by atoms with Gasteiger partial charge in [0.2, 0.25) is 0 Å². The molecule has 0 aliphatic heterocycles. The summed E-state index contributed by atoms with van der Waals surface area (Å²) in [5.74, 6) is 13.5. The van der Waals surface area contributed by atoms with Gasteiger partial charge < -0.3 is 36.3 Å². The van der Waals surface area contributed by atoms with Crippen LogP contribution in [0.2, 0.25) is 0 Å². The summed E-state index contributed by atoms with van der Waals surface area (Å²) in [7, 11) is 1.67. The predicted octanol–water partition coefficient (Wildman–Crippen LogP) is 6.58. The number of phenols is 1. The number of guanidine groups is 1. The molecule has 6 rings (SSSR count). The Morgan fingerprint density at radius 1 is 1.05 bits per heavy atom. The topological polar surface area (TPSA) is 161 Å². The van der Waals surface area contributed by atoms with Crippen molar-refractivity contribution in [2.24, 2.45) is 46.0 Å². The van der Waals surface area contributed by atoms with Crippen LogP contribution >= 0.6 is 0 Å². The number of hydrogen-bond acceptors (Lipinski definition) is 7. The Kier molecular flexibility index (Phi) is 16.3. The van der Waals surface area contributed by atoms with Crippen molar-refractivity contribution in [1.82, 2.24) is 0 Å². The molecule has 302 valence electrons. The SMILES string of the molecule is CCCC(=CC(=O)CCc1cc(OC2CCCC2)c(O)c2c1C#CC1C(Cc3ccccc3)C#CCC(C)CCC2C(COC)C(CO)CC1N=C(N)N)CO. The molecule has 4 aliphatic carbocycles. The van der Waals surface area contributed by atoms with Crippen LogP contribution in [0.15, 0.2) is 53.0 Å². The summed E-state index contributed by atoms with van der Waals surface area (Å²) >= 11 is 0. The molecular weight excluding hydrogens is 703 g/mol. The van der Waals surface area contributed by atoms with Gasteiger partial charge in [-0.2, -0.15) is 0 Å².